The number of ether oxygens (including phenoxy) is 1. The molecule has 126 valence electrons. The number of aliphatic hydroxyl groups excluding tert-OH is 1. The molecule has 0 aliphatic carbocycles. The molecule has 0 aromatic heterocycles. The van der Waals surface area contributed by atoms with Gasteiger partial charge in [-0.25, -0.2) is 0 Å². The Morgan fingerprint density at radius 1 is 0.905 bits per heavy atom. The van der Waals surface area contributed by atoms with E-state index in [1.54, 1.807) is 0 Å². The molecule has 3 atom stereocenters. The van der Waals surface area contributed by atoms with Gasteiger partial charge in [-0.1, -0.05) is 78.1 Å². The number of hydrogen-bond acceptors (Lipinski definition) is 2. The van der Waals surface area contributed by atoms with Gasteiger partial charge in [0, 0.05) is 12.5 Å². The summed E-state index contributed by atoms with van der Waals surface area (Å²) >= 11 is 0. The van der Waals surface area contributed by atoms with Crippen LogP contribution >= 0.6 is 0 Å². The highest BCUT2D eigenvalue weighted by Crippen LogP contribution is 2.28. The molecule has 1 aliphatic heterocycles. The molecule has 1 saturated heterocycles. The van der Waals surface area contributed by atoms with Crippen LogP contribution in [0.2, 0.25) is 0 Å². The number of hydrogen-bond donors (Lipinski definition) is 1. The van der Waals surface area contributed by atoms with Crippen LogP contribution in [-0.4, -0.2) is 23.9 Å². The maximum absolute atomic E-state index is 10.3. The van der Waals surface area contributed by atoms with Crippen molar-refractivity contribution in [1.82, 2.24) is 0 Å². The summed E-state index contributed by atoms with van der Waals surface area (Å²) in [5.41, 5.74) is 0. The first-order valence-electron chi connectivity index (χ1n) is 9.59. The first-order chi connectivity index (χ1) is 10.3. The molecule has 21 heavy (non-hydrogen) atoms. The van der Waals surface area contributed by atoms with Crippen LogP contribution in [0, 0.1) is 5.92 Å². The van der Waals surface area contributed by atoms with Gasteiger partial charge in [-0.05, 0) is 19.3 Å². The Bertz CT molecular complexity index is 230. The van der Waals surface area contributed by atoms with E-state index in [0.29, 0.717) is 12.0 Å². The fraction of sp³-hybridized carbons (Fsp3) is 1.00. The van der Waals surface area contributed by atoms with E-state index >= 15 is 0 Å². The minimum Gasteiger partial charge on any atom is -0.393 e. The van der Waals surface area contributed by atoms with Gasteiger partial charge < -0.3 is 9.84 Å². The summed E-state index contributed by atoms with van der Waals surface area (Å²) in [4.78, 5) is 0. The molecular formula is C19H38O2. The van der Waals surface area contributed by atoms with Crippen molar-refractivity contribution in [3.05, 3.63) is 0 Å². The van der Waals surface area contributed by atoms with Crippen LogP contribution in [0.25, 0.3) is 0 Å². The van der Waals surface area contributed by atoms with Gasteiger partial charge in [-0.15, -0.1) is 0 Å². The predicted molar refractivity (Wildman–Crippen MR) is 90.6 cm³/mol. The predicted octanol–water partition coefficient (Wildman–Crippen LogP) is 5.47. The molecule has 0 radical (unpaired) electrons. The minimum atomic E-state index is -0.133. The lowest BCUT2D eigenvalue weighted by atomic mass is 9.90. The van der Waals surface area contributed by atoms with Crippen LogP contribution in [0.5, 0.6) is 0 Å². The lowest BCUT2D eigenvalue weighted by Crippen LogP contribution is -2.27. The molecular weight excluding hydrogens is 260 g/mol. The zero-order chi connectivity index (χ0) is 15.3. The van der Waals surface area contributed by atoms with Crippen LogP contribution in [0.1, 0.15) is 97.3 Å². The van der Waals surface area contributed by atoms with Gasteiger partial charge in [0.15, 0.2) is 0 Å². The van der Waals surface area contributed by atoms with E-state index in [0.717, 1.165) is 25.9 Å². The molecule has 0 amide bonds. The first kappa shape index (κ1) is 19.0. The van der Waals surface area contributed by atoms with Crippen LogP contribution in [-0.2, 0) is 4.74 Å². The maximum Gasteiger partial charge on any atom is 0.0626 e. The second-order valence-corrected chi connectivity index (χ2v) is 6.81. The van der Waals surface area contributed by atoms with Crippen molar-refractivity contribution in [1.29, 1.82) is 0 Å². The van der Waals surface area contributed by atoms with E-state index in [2.05, 4.69) is 13.8 Å². The molecule has 3 unspecified atom stereocenters. The normalized spacial score (nSPS) is 23.6. The van der Waals surface area contributed by atoms with Crippen LogP contribution < -0.4 is 0 Å². The van der Waals surface area contributed by atoms with Gasteiger partial charge in [-0.3, -0.25) is 0 Å². The molecule has 0 spiro atoms. The molecule has 1 heterocycles. The van der Waals surface area contributed by atoms with Gasteiger partial charge in [0.05, 0.1) is 12.2 Å². The Kier molecular flexibility index (Phi) is 11.3. The third-order valence-electron chi connectivity index (χ3n) is 5.01. The maximum atomic E-state index is 10.3. The van der Waals surface area contributed by atoms with Gasteiger partial charge >= 0.3 is 0 Å². The highest BCUT2D eigenvalue weighted by molar-refractivity contribution is 4.81. The van der Waals surface area contributed by atoms with E-state index in [1.165, 1.54) is 64.2 Å². The Labute approximate surface area is 132 Å². The quantitative estimate of drug-likeness (QED) is 0.457. The molecule has 1 aliphatic rings. The van der Waals surface area contributed by atoms with E-state index < -0.39 is 0 Å². The topological polar surface area (TPSA) is 29.5 Å². The highest BCUT2D eigenvalue weighted by Gasteiger charge is 2.31. The van der Waals surface area contributed by atoms with E-state index in [9.17, 15) is 5.11 Å². The van der Waals surface area contributed by atoms with Crippen molar-refractivity contribution in [2.75, 3.05) is 6.61 Å². The second kappa shape index (κ2) is 12.5. The minimum absolute atomic E-state index is 0.133. The second-order valence-electron chi connectivity index (χ2n) is 6.81. The van der Waals surface area contributed by atoms with Crippen LogP contribution in [0.3, 0.4) is 0 Å². The lowest BCUT2D eigenvalue weighted by Gasteiger charge is -2.22. The van der Waals surface area contributed by atoms with E-state index in [1.807, 2.05) is 0 Å². The van der Waals surface area contributed by atoms with Gasteiger partial charge in [0.2, 0.25) is 0 Å². The third-order valence-corrected chi connectivity index (χ3v) is 5.01. The molecule has 0 saturated carbocycles. The van der Waals surface area contributed by atoms with Crippen molar-refractivity contribution in [3.8, 4) is 0 Å². The molecule has 2 heteroatoms. The summed E-state index contributed by atoms with van der Waals surface area (Å²) in [6, 6.07) is 0. The standard InChI is InChI=1S/C19H38O2/c1-3-5-6-7-8-9-10-11-12-13-14-18(20)17-15-16-21-19(17)4-2/h17-20H,3-16H2,1-2H3. The van der Waals surface area contributed by atoms with Crippen molar-refractivity contribution < 1.29 is 9.84 Å². The largest absolute Gasteiger partial charge is 0.393 e. The lowest BCUT2D eigenvalue weighted by molar-refractivity contribution is 0.0268. The first-order valence-corrected chi connectivity index (χ1v) is 9.59. The van der Waals surface area contributed by atoms with Crippen molar-refractivity contribution >= 4 is 0 Å². The summed E-state index contributed by atoms with van der Waals surface area (Å²) in [6.07, 6.45) is 16.9. The highest BCUT2D eigenvalue weighted by atomic mass is 16.5. The molecule has 0 aromatic rings. The van der Waals surface area contributed by atoms with Crippen LogP contribution in [0.15, 0.2) is 0 Å². The molecule has 1 rings (SSSR count). The Morgan fingerprint density at radius 2 is 1.48 bits per heavy atom. The summed E-state index contributed by atoms with van der Waals surface area (Å²) in [6.45, 7) is 5.28. The monoisotopic (exact) mass is 298 g/mol. The van der Waals surface area contributed by atoms with Gasteiger partial charge in [-0.2, -0.15) is 0 Å². The SMILES string of the molecule is CCCCCCCCCCCCC(O)C1CCOC1CC. The van der Waals surface area contributed by atoms with E-state index in [4.69, 9.17) is 4.74 Å². The average Bonchev–Trinajstić information content (AvgIpc) is 2.97. The molecule has 0 aromatic carbocycles. The zero-order valence-corrected chi connectivity index (χ0v) is 14.5. The van der Waals surface area contributed by atoms with Gasteiger partial charge in [0.1, 0.15) is 0 Å². The Balaban J connectivity index is 1.89. The number of unbranched alkanes of at least 4 members (excludes halogenated alkanes) is 9. The Morgan fingerprint density at radius 3 is 2.05 bits per heavy atom. The number of aliphatic hydroxyl groups is 1. The summed E-state index contributed by atoms with van der Waals surface area (Å²) < 4.78 is 5.68. The number of rotatable bonds is 13. The fourth-order valence-corrected chi connectivity index (χ4v) is 3.58. The molecule has 1 fully saturated rings. The average molecular weight is 299 g/mol. The Hall–Kier alpha value is -0.0800. The molecule has 1 N–H and O–H groups in total. The van der Waals surface area contributed by atoms with Crippen molar-refractivity contribution in [2.24, 2.45) is 5.92 Å². The summed E-state index contributed by atoms with van der Waals surface area (Å²) in [5, 5.41) is 10.3. The van der Waals surface area contributed by atoms with Crippen molar-refractivity contribution in [3.63, 3.8) is 0 Å². The van der Waals surface area contributed by atoms with Gasteiger partial charge in [0.25, 0.3) is 0 Å². The van der Waals surface area contributed by atoms with Crippen LogP contribution in [0.4, 0.5) is 0 Å². The van der Waals surface area contributed by atoms with Crippen molar-refractivity contribution in [2.45, 2.75) is 110 Å². The fourth-order valence-electron chi connectivity index (χ4n) is 3.58. The smallest absolute Gasteiger partial charge is 0.0626 e. The summed E-state index contributed by atoms with van der Waals surface area (Å²) in [5.74, 6) is 0.397. The third kappa shape index (κ3) is 8.21. The summed E-state index contributed by atoms with van der Waals surface area (Å²) in [7, 11) is 0. The van der Waals surface area contributed by atoms with E-state index in [-0.39, 0.29) is 6.10 Å². The molecule has 2 nitrogen and oxygen atoms in total. The molecule has 0 bridgehead atoms. The zero-order valence-electron chi connectivity index (χ0n) is 14.5.